The van der Waals surface area contributed by atoms with Crippen LogP contribution >= 0.6 is 0 Å². The molecule has 2 aromatic carbocycles. The fraction of sp³-hybridized carbons (Fsp3) is 0.333. The van der Waals surface area contributed by atoms with Crippen LogP contribution in [-0.4, -0.2) is 29.3 Å². The van der Waals surface area contributed by atoms with Gasteiger partial charge in [0, 0.05) is 17.8 Å². The SMILES string of the molecule is CCN(C(=O)c1cc(C(F)(F)F)cc(C(F)(F)F)c1)[C@@H](C)C(=O)Nc1ccc(C)cc1. The monoisotopic (exact) mass is 446 g/mol. The highest BCUT2D eigenvalue weighted by molar-refractivity contribution is 6.01. The molecule has 0 bridgehead atoms. The minimum Gasteiger partial charge on any atom is -0.327 e. The van der Waals surface area contributed by atoms with Crippen molar-refractivity contribution < 1.29 is 35.9 Å². The third kappa shape index (κ3) is 5.99. The molecular weight excluding hydrogens is 426 g/mol. The predicted octanol–water partition coefficient (Wildman–Crippen LogP) is 5.52. The average molecular weight is 446 g/mol. The second-order valence-electron chi connectivity index (χ2n) is 6.92. The molecule has 0 fully saturated rings. The van der Waals surface area contributed by atoms with Gasteiger partial charge < -0.3 is 10.2 Å². The Bertz CT molecular complexity index is 920. The van der Waals surface area contributed by atoms with E-state index < -0.39 is 46.9 Å². The van der Waals surface area contributed by atoms with Crippen molar-refractivity contribution in [3.8, 4) is 0 Å². The van der Waals surface area contributed by atoms with Gasteiger partial charge in [-0.05, 0) is 51.1 Å². The number of rotatable bonds is 5. The molecule has 2 aromatic rings. The van der Waals surface area contributed by atoms with Crippen molar-refractivity contribution in [3.05, 3.63) is 64.7 Å². The Morgan fingerprint density at radius 3 is 1.84 bits per heavy atom. The van der Waals surface area contributed by atoms with Gasteiger partial charge in [-0.1, -0.05) is 17.7 Å². The molecule has 31 heavy (non-hydrogen) atoms. The number of carbonyl (C=O) groups is 2. The van der Waals surface area contributed by atoms with Crippen LogP contribution in [0.2, 0.25) is 0 Å². The lowest BCUT2D eigenvalue weighted by Gasteiger charge is -2.28. The van der Waals surface area contributed by atoms with E-state index >= 15 is 0 Å². The average Bonchev–Trinajstić information content (AvgIpc) is 2.68. The second-order valence-corrected chi connectivity index (χ2v) is 6.92. The Labute approximate surface area is 174 Å². The van der Waals surface area contributed by atoms with Crippen molar-refractivity contribution in [1.29, 1.82) is 0 Å². The zero-order valence-corrected chi connectivity index (χ0v) is 16.9. The van der Waals surface area contributed by atoms with Crippen molar-refractivity contribution in [2.75, 3.05) is 11.9 Å². The van der Waals surface area contributed by atoms with Crippen molar-refractivity contribution >= 4 is 17.5 Å². The van der Waals surface area contributed by atoms with Gasteiger partial charge in [-0.3, -0.25) is 9.59 Å². The zero-order chi connectivity index (χ0) is 23.6. The number of likely N-dealkylation sites (N-methyl/N-ethyl adjacent to an activating group) is 1. The van der Waals surface area contributed by atoms with Gasteiger partial charge in [0.15, 0.2) is 0 Å². The fourth-order valence-electron chi connectivity index (χ4n) is 2.86. The van der Waals surface area contributed by atoms with Crippen LogP contribution < -0.4 is 5.32 Å². The van der Waals surface area contributed by atoms with Crippen LogP contribution in [0.4, 0.5) is 32.0 Å². The summed E-state index contributed by atoms with van der Waals surface area (Å²) >= 11 is 0. The highest BCUT2D eigenvalue weighted by Gasteiger charge is 2.38. The summed E-state index contributed by atoms with van der Waals surface area (Å²) in [5.74, 6) is -1.76. The van der Waals surface area contributed by atoms with Gasteiger partial charge in [0.25, 0.3) is 5.91 Å². The number of carbonyl (C=O) groups excluding carboxylic acids is 2. The standard InChI is InChI=1S/C21H20F6N2O2/c1-4-29(13(3)18(30)28-17-7-5-12(2)6-8-17)19(31)14-9-15(20(22,23)24)11-16(10-14)21(25,26)27/h5-11,13H,4H2,1-3H3,(H,28,30)/t13-/m0/s1. The van der Waals surface area contributed by atoms with Crippen LogP contribution in [0.25, 0.3) is 0 Å². The number of alkyl halides is 6. The highest BCUT2D eigenvalue weighted by Crippen LogP contribution is 2.36. The van der Waals surface area contributed by atoms with E-state index in [4.69, 9.17) is 0 Å². The summed E-state index contributed by atoms with van der Waals surface area (Å²) in [4.78, 5) is 26.2. The van der Waals surface area contributed by atoms with Crippen LogP contribution in [0.15, 0.2) is 42.5 Å². The molecule has 2 rings (SSSR count). The van der Waals surface area contributed by atoms with Gasteiger partial charge in [-0.15, -0.1) is 0 Å². The van der Waals surface area contributed by atoms with E-state index in [1.165, 1.54) is 13.8 Å². The minimum absolute atomic E-state index is 0.0550. The summed E-state index contributed by atoms with van der Waals surface area (Å²) in [5.41, 5.74) is -2.62. The van der Waals surface area contributed by atoms with Crippen LogP contribution in [0, 0.1) is 6.92 Å². The van der Waals surface area contributed by atoms with E-state index in [2.05, 4.69) is 5.32 Å². The number of amides is 2. The summed E-state index contributed by atoms with van der Waals surface area (Å²) < 4.78 is 78.5. The summed E-state index contributed by atoms with van der Waals surface area (Å²) in [5, 5.41) is 2.57. The smallest absolute Gasteiger partial charge is 0.327 e. The molecule has 0 saturated carbocycles. The van der Waals surface area contributed by atoms with Crippen LogP contribution in [-0.2, 0) is 17.1 Å². The van der Waals surface area contributed by atoms with E-state index in [0.29, 0.717) is 17.8 Å². The first kappa shape index (κ1) is 24.2. The van der Waals surface area contributed by atoms with Gasteiger partial charge in [0.05, 0.1) is 11.1 Å². The molecule has 4 nitrogen and oxygen atoms in total. The predicted molar refractivity (Wildman–Crippen MR) is 102 cm³/mol. The van der Waals surface area contributed by atoms with Crippen molar-refractivity contribution in [1.82, 2.24) is 4.90 Å². The Morgan fingerprint density at radius 1 is 0.935 bits per heavy atom. The van der Waals surface area contributed by atoms with E-state index in [1.807, 2.05) is 6.92 Å². The molecule has 0 aliphatic heterocycles. The number of aryl methyl sites for hydroxylation is 1. The van der Waals surface area contributed by atoms with E-state index in [0.717, 1.165) is 10.5 Å². The van der Waals surface area contributed by atoms with Crippen LogP contribution in [0.3, 0.4) is 0 Å². The highest BCUT2D eigenvalue weighted by atomic mass is 19.4. The van der Waals surface area contributed by atoms with E-state index in [-0.39, 0.29) is 12.6 Å². The third-order valence-corrected chi connectivity index (χ3v) is 4.60. The molecule has 0 saturated heterocycles. The van der Waals surface area contributed by atoms with Gasteiger partial charge in [0.2, 0.25) is 5.91 Å². The molecule has 0 aliphatic rings. The van der Waals surface area contributed by atoms with Crippen LogP contribution in [0.1, 0.15) is 40.9 Å². The van der Waals surface area contributed by atoms with Crippen molar-refractivity contribution in [2.24, 2.45) is 0 Å². The lowest BCUT2D eigenvalue weighted by atomic mass is 10.0. The molecule has 0 aromatic heterocycles. The lowest BCUT2D eigenvalue weighted by Crippen LogP contribution is -2.45. The summed E-state index contributed by atoms with van der Waals surface area (Å²) in [7, 11) is 0. The molecule has 1 atom stereocenters. The Balaban J connectivity index is 2.35. The largest absolute Gasteiger partial charge is 0.416 e. The molecule has 1 N–H and O–H groups in total. The number of nitrogens with one attached hydrogen (secondary N) is 1. The maximum Gasteiger partial charge on any atom is 0.416 e. The molecule has 168 valence electrons. The minimum atomic E-state index is -5.08. The Kier molecular flexibility index (Phi) is 7.03. The molecule has 0 heterocycles. The van der Waals surface area contributed by atoms with Crippen molar-refractivity contribution in [2.45, 2.75) is 39.2 Å². The van der Waals surface area contributed by atoms with Gasteiger partial charge in [-0.25, -0.2) is 0 Å². The van der Waals surface area contributed by atoms with E-state index in [9.17, 15) is 35.9 Å². The molecule has 0 aliphatic carbocycles. The number of benzene rings is 2. The maximum absolute atomic E-state index is 13.1. The number of halogens is 6. The Morgan fingerprint density at radius 2 is 1.42 bits per heavy atom. The maximum atomic E-state index is 13.1. The molecule has 0 unspecified atom stereocenters. The quantitative estimate of drug-likeness (QED) is 0.615. The molecule has 2 amide bonds. The molecule has 0 radical (unpaired) electrons. The zero-order valence-electron chi connectivity index (χ0n) is 16.9. The summed E-state index contributed by atoms with van der Waals surface area (Å²) in [6.07, 6.45) is -10.2. The molecule has 10 heteroatoms. The van der Waals surface area contributed by atoms with Gasteiger partial charge in [0.1, 0.15) is 6.04 Å². The van der Waals surface area contributed by atoms with E-state index in [1.54, 1.807) is 24.3 Å². The number of anilines is 1. The third-order valence-electron chi connectivity index (χ3n) is 4.60. The first-order chi connectivity index (χ1) is 14.2. The lowest BCUT2D eigenvalue weighted by molar-refractivity contribution is -0.143. The Hall–Kier alpha value is -3.04. The normalized spacial score (nSPS) is 12.9. The number of nitrogens with zero attached hydrogens (tertiary/aromatic N) is 1. The molecule has 0 spiro atoms. The second kappa shape index (κ2) is 8.99. The number of hydrogen-bond acceptors (Lipinski definition) is 2. The van der Waals surface area contributed by atoms with Crippen LogP contribution in [0.5, 0.6) is 0 Å². The fourth-order valence-corrected chi connectivity index (χ4v) is 2.86. The first-order valence-corrected chi connectivity index (χ1v) is 9.22. The summed E-state index contributed by atoms with van der Waals surface area (Å²) in [6.45, 7) is 4.53. The summed E-state index contributed by atoms with van der Waals surface area (Å²) in [6, 6.07) is 6.23. The molecular formula is C21H20F6N2O2. The van der Waals surface area contributed by atoms with Gasteiger partial charge in [-0.2, -0.15) is 26.3 Å². The first-order valence-electron chi connectivity index (χ1n) is 9.22. The topological polar surface area (TPSA) is 49.4 Å². The van der Waals surface area contributed by atoms with Gasteiger partial charge >= 0.3 is 12.4 Å². The van der Waals surface area contributed by atoms with Crippen molar-refractivity contribution in [3.63, 3.8) is 0 Å². The number of hydrogen-bond donors (Lipinski definition) is 1.